The number of H-pyrrole nitrogens is 1. The van der Waals surface area contributed by atoms with Gasteiger partial charge < -0.3 is 14.3 Å². The molecule has 2 aromatic heterocycles. The number of hydrogen-bond acceptors (Lipinski definition) is 5. The second-order valence-electron chi connectivity index (χ2n) is 8.78. The molecule has 0 radical (unpaired) electrons. The third-order valence-corrected chi connectivity index (χ3v) is 7.14. The van der Waals surface area contributed by atoms with Gasteiger partial charge in [0.25, 0.3) is 11.5 Å². The summed E-state index contributed by atoms with van der Waals surface area (Å²) in [5.74, 6) is 0.666. The zero-order valence-electron chi connectivity index (χ0n) is 18.1. The van der Waals surface area contributed by atoms with Crippen molar-refractivity contribution in [1.82, 2.24) is 19.4 Å². The number of aromatic nitrogens is 2. The average molecular weight is 453 g/mol. The molecule has 7 nitrogen and oxygen atoms in total. The Bertz CT molecular complexity index is 1220. The van der Waals surface area contributed by atoms with E-state index in [1.165, 1.54) is 36.7 Å². The zero-order valence-corrected chi connectivity index (χ0v) is 18.9. The summed E-state index contributed by atoms with van der Waals surface area (Å²) in [6.07, 6.45) is 8.15. The summed E-state index contributed by atoms with van der Waals surface area (Å²) in [5, 5.41) is 0.504. The lowest BCUT2D eigenvalue weighted by Crippen LogP contribution is -2.52. The maximum Gasteiger partial charge on any atom is 0.262 e. The van der Waals surface area contributed by atoms with Gasteiger partial charge in [0, 0.05) is 37.8 Å². The molecule has 1 aromatic carbocycles. The van der Waals surface area contributed by atoms with Crippen LogP contribution in [0.1, 0.15) is 48.2 Å². The van der Waals surface area contributed by atoms with Gasteiger partial charge in [-0.15, -0.1) is 0 Å². The number of fused-ring (bicyclic) bond motifs is 1. The minimum Gasteiger partial charge on any atom is -0.467 e. The highest BCUT2D eigenvalue weighted by molar-refractivity contribution is 7.71. The van der Waals surface area contributed by atoms with Gasteiger partial charge in [-0.05, 0) is 55.4 Å². The minimum absolute atomic E-state index is 0.00859. The summed E-state index contributed by atoms with van der Waals surface area (Å²) in [5.41, 5.74) is 0.972. The number of piperazine rings is 1. The quantitative estimate of drug-likeness (QED) is 0.610. The SMILES string of the molecule is O=C(c1ccc2c(=O)n(Cc3ccco3)c(=S)[nH]c2c1)N1CCN(C2CCCCC2)CC1. The van der Waals surface area contributed by atoms with Gasteiger partial charge in [-0.2, -0.15) is 0 Å². The van der Waals surface area contributed by atoms with E-state index in [1.54, 1.807) is 36.6 Å². The molecule has 1 aliphatic carbocycles. The molecule has 1 N–H and O–H groups in total. The van der Waals surface area contributed by atoms with Gasteiger partial charge in [0.15, 0.2) is 4.77 Å². The number of rotatable bonds is 4. The van der Waals surface area contributed by atoms with Crippen LogP contribution < -0.4 is 5.56 Å². The van der Waals surface area contributed by atoms with Crippen molar-refractivity contribution in [3.8, 4) is 0 Å². The Balaban J connectivity index is 1.33. The standard InChI is InChI=1S/C24H28N4O3S/c29-22(27-12-10-26(11-13-27)18-5-2-1-3-6-18)17-8-9-20-21(15-17)25-24(32)28(23(20)30)16-19-7-4-14-31-19/h4,7-9,14-15,18H,1-3,5-6,10-13,16H2,(H,25,32). The Morgan fingerprint density at radius 2 is 1.88 bits per heavy atom. The molecule has 1 saturated carbocycles. The maximum absolute atomic E-state index is 13.1. The fraction of sp³-hybridized carbons (Fsp3) is 0.458. The van der Waals surface area contributed by atoms with Gasteiger partial charge in [0.05, 0.1) is 23.7 Å². The Labute approximate surface area is 191 Å². The van der Waals surface area contributed by atoms with Crippen LogP contribution in [-0.4, -0.2) is 57.5 Å². The number of benzene rings is 1. The molecule has 0 unspecified atom stereocenters. The Hall–Kier alpha value is -2.71. The van der Waals surface area contributed by atoms with E-state index in [1.807, 2.05) is 4.90 Å². The van der Waals surface area contributed by atoms with Gasteiger partial charge in [-0.1, -0.05) is 19.3 Å². The van der Waals surface area contributed by atoms with Crippen LogP contribution >= 0.6 is 12.2 Å². The second kappa shape index (κ2) is 9.03. The third kappa shape index (κ3) is 4.17. The van der Waals surface area contributed by atoms with Gasteiger partial charge in [-0.25, -0.2) is 0 Å². The molecule has 0 spiro atoms. The predicted molar refractivity (Wildman–Crippen MR) is 126 cm³/mol. The molecule has 0 bridgehead atoms. The van der Waals surface area contributed by atoms with Crippen LogP contribution in [0.4, 0.5) is 0 Å². The second-order valence-corrected chi connectivity index (χ2v) is 9.17. The summed E-state index contributed by atoms with van der Waals surface area (Å²) < 4.78 is 7.13. The predicted octanol–water partition coefficient (Wildman–Crippen LogP) is 3.79. The van der Waals surface area contributed by atoms with E-state index in [0.717, 1.165) is 26.2 Å². The van der Waals surface area contributed by atoms with Crippen molar-refractivity contribution in [1.29, 1.82) is 0 Å². The van der Waals surface area contributed by atoms with E-state index in [0.29, 0.717) is 33.0 Å². The summed E-state index contributed by atoms with van der Waals surface area (Å²) in [7, 11) is 0. The smallest absolute Gasteiger partial charge is 0.262 e. The lowest BCUT2D eigenvalue weighted by Gasteiger charge is -2.40. The number of nitrogens with zero attached hydrogens (tertiary/aromatic N) is 3. The molecule has 3 heterocycles. The Morgan fingerprint density at radius 3 is 2.59 bits per heavy atom. The molecule has 0 atom stereocenters. The molecule has 3 aromatic rings. The first-order chi connectivity index (χ1) is 15.6. The molecule has 8 heteroatoms. The van der Waals surface area contributed by atoms with Gasteiger partial charge in [0.2, 0.25) is 0 Å². The summed E-state index contributed by atoms with van der Waals surface area (Å²) in [4.78, 5) is 33.7. The van der Waals surface area contributed by atoms with Gasteiger partial charge >= 0.3 is 0 Å². The van der Waals surface area contributed by atoms with Crippen LogP contribution in [0.2, 0.25) is 0 Å². The first kappa shape index (κ1) is 21.2. The lowest BCUT2D eigenvalue weighted by molar-refractivity contribution is 0.0523. The van der Waals surface area contributed by atoms with Crippen LogP contribution in [-0.2, 0) is 6.54 Å². The molecule has 1 saturated heterocycles. The van der Waals surface area contributed by atoms with Crippen molar-refractivity contribution in [2.24, 2.45) is 0 Å². The number of aromatic amines is 1. The molecular formula is C24H28N4O3S. The van der Waals surface area contributed by atoms with Crippen LogP contribution in [0.5, 0.6) is 0 Å². The van der Waals surface area contributed by atoms with E-state index >= 15 is 0 Å². The highest BCUT2D eigenvalue weighted by Crippen LogP contribution is 2.24. The fourth-order valence-electron chi connectivity index (χ4n) is 5.01. The molecule has 1 aliphatic heterocycles. The van der Waals surface area contributed by atoms with E-state index in [9.17, 15) is 9.59 Å². The summed E-state index contributed by atoms with van der Waals surface area (Å²) >= 11 is 5.41. The molecule has 1 amide bonds. The maximum atomic E-state index is 13.1. The van der Waals surface area contributed by atoms with E-state index in [4.69, 9.17) is 16.6 Å². The van der Waals surface area contributed by atoms with Crippen LogP contribution in [0.25, 0.3) is 10.9 Å². The first-order valence-corrected chi connectivity index (χ1v) is 11.8. The number of amides is 1. The van der Waals surface area contributed by atoms with E-state index < -0.39 is 0 Å². The Morgan fingerprint density at radius 1 is 1.09 bits per heavy atom. The number of nitrogens with one attached hydrogen (secondary N) is 1. The zero-order chi connectivity index (χ0) is 22.1. The molecule has 168 valence electrons. The van der Waals surface area contributed by atoms with E-state index in [2.05, 4.69) is 9.88 Å². The molecular weight excluding hydrogens is 424 g/mol. The van der Waals surface area contributed by atoms with Gasteiger partial charge in [0.1, 0.15) is 5.76 Å². The third-order valence-electron chi connectivity index (χ3n) is 6.82. The number of furan rings is 1. The van der Waals surface area contributed by atoms with Crippen LogP contribution in [0.3, 0.4) is 0 Å². The largest absolute Gasteiger partial charge is 0.467 e. The van der Waals surface area contributed by atoms with Crippen LogP contribution in [0.15, 0.2) is 45.8 Å². The number of carbonyl (C=O) groups is 1. The molecule has 2 aliphatic rings. The monoisotopic (exact) mass is 452 g/mol. The molecule has 32 heavy (non-hydrogen) atoms. The Kier molecular flexibility index (Phi) is 5.97. The number of carbonyl (C=O) groups excluding carboxylic acids is 1. The minimum atomic E-state index is -0.194. The van der Waals surface area contributed by atoms with Crippen molar-refractivity contribution in [3.05, 3.63) is 63.0 Å². The summed E-state index contributed by atoms with van der Waals surface area (Å²) in [6, 6.07) is 9.48. The topological polar surface area (TPSA) is 74.5 Å². The van der Waals surface area contributed by atoms with E-state index in [-0.39, 0.29) is 18.0 Å². The summed E-state index contributed by atoms with van der Waals surface area (Å²) in [6.45, 7) is 3.62. The first-order valence-electron chi connectivity index (χ1n) is 11.4. The number of hydrogen-bond donors (Lipinski definition) is 1. The lowest BCUT2D eigenvalue weighted by atomic mass is 9.94. The van der Waals surface area contributed by atoms with Crippen molar-refractivity contribution >= 4 is 29.0 Å². The van der Waals surface area contributed by atoms with Gasteiger partial charge in [-0.3, -0.25) is 19.1 Å². The highest BCUT2D eigenvalue weighted by Gasteiger charge is 2.27. The fourth-order valence-corrected chi connectivity index (χ4v) is 5.27. The van der Waals surface area contributed by atoms with Crippen molar-refractivity contribution in [2.45, 2.75) is 44.7 Å². The molecule has 5 rings (SSSR count). The molecule has 2 fully saturated rings. The van der Waals surface area contributed by atoms with Crippen molar-refractivity contribution in [3.63, 3.8) is 0 Å². The normalized spacial score (nSPS) is 18.3. The average Bonchev–Trinajstić information content (AvgIpc) is 3.35. The van der Waals surface area contributed by atoms with Crippen molar-refractivity contribution < 1.29 is 9.21 Å². The van der Waals surface area contributed by atoms with Crippen molar-refractivity contribution in [2.75, 3.05) is 26.2 Å². The van der Waals surface area contributed by atoms with Crippen LogP contribution in [0, 0.1) is 4.77 Å². The highest BCUT2D eigenvalue weighted by atomic mass is 32.1.